The summed E-state index contributed by atoms with van der Waals surface area (Å²) in [5, 5.41) is 5.06. The van der Waals surface area contributed by atoms with Crippen LogP contribution in [-0.4, -0.2) is 10.2 Å². The average Bonchev–Trinajstić information content (AvgIpc) is 2.58. The smallest absolute Gasteiger partial charge is 0.399 e. The number of halogens is 5. The van der Waals surface area contributed by atoms with Crippen molar-refractivity contribution in [3.63, 3.8) is 0 Å². The van der Waals surface area contributed by atoms with Gasteiger partial charge in [0.25, 0.3) is 0 Å². The summed E-state index contributed by atoms with van der Waals surface area (Å²) < 4.78 is 64.9. The quantitative estimate of drug-likeness (QED) is 0.621. The number of nitrogens with one attached hydrogen (secondary N) is 1. The lowest BCUT2D eigenvalue weighted by atomic mass is 10.0. The van der Waals surface area contributed by atoms with Gasteiger partial charge in [-0.15, -0.1) is 0 Å². The predicted molar refractivity (Wildman–Crippen MR) is 58.1 cm³/mol. The molecular weight excluding hydrogens is 269 g/mol. The molecule has 0 aliphatic rings. The molecule has 0 saturated carbocycles. The number of hydrogen-bond acceptors (Lipinski definition) is 2. The van der Waals surface area contributed by atoms with Crippen LogP contribution in [0.15, 0.2) is 12.1 Å². The van der Waals surface area contributed by atoms with Crippen LogP contribution in [0.1, 0.15) is 11.3 Å². The summed E-state index contributed by atoms with van der Waals surface area (Å²) in [7, 11) is 0. The molecule has 0 fully saturated rings. The van der Waals surface area contributed by atoms with Gasteiger partial charge in [-0.1, -0.05) is 0 Å². The van der Waals surface area contributed by atoms with Crippen molar-refractivity contribution in [2.24, 2.45) is 0 Å². The molecule has 0 unspecified atom stereocenters. The number of hydrogen-bond donors (Lipinski definition) is 2. The molecule has 19 heavy (non-hydrogen) atoms. The second-order valence-electron chi connectivity index (χ2n) is 3.93. The highest BCUT2D eigenvalue weighted by Gasteiger charge is 2.37. The van der Waals surface area contributed by atoms with Gasteiger partial charge in [-0.25, -0.2) is 8.78 Å². The number of aromatic amines is 1. The summed E-state index contributed by atoms with van der Waals surface area (Å²) in [4.78, 5) is 0. The number of H-pyrrole nitrogens is 1. The Morgan fingerprint density at radius 3 is 2.11 bits per heavy atom. The van der Waals surface area contributed by atoms with Crippen molar-refractivity contribution in [1.29, 1.82) is 0 Å². The number of rotatable bonds is 1. The molecule has 0 aliphatic heterocycles. The molecule has 102 valence electrons. The Kier molecular flexibility index (Phi) is 2.95. The molecule has 2 rings (SSSR count). The number of anilines is 1. The van der Waals surface area contributed by atoms with E-state index in [2.05, 4.69) is 5.10 Å². The van der Waals surface area contributed by atoms with E-state index in [0.717, 1.165) is 19.1 Å². The van der Waals surface area contributed by atoms with Gasteiger partial charge in [0.05, 0.1) is 11.3 Å². The van der Waals surface area contributed by atoms with Crippen molar-refractivity contribution < 1.29 is 22.0 Å². The van der Waals surface area contributed by atoms with Crippen molar-refractivity contribution in [1.82, 2.24) is 10.2 Å². The van der Waals surface area contributed by atoms with Gasteiger partial charge in [0.15, 0.2) is 5.69 Å². The van der Waals surface area contributed by atoms with E-state index in [-0.39, 0.29) is 16.9 Å². The van der Waals surface area contributed by atoms with Gasteiger partial charge in [-0.2, -0.15) is 18.3 Å². The zero-order valence-corrected chi connectivity index (χ0v) is 9.57. The Morgan fingerprint density at radius 1 is 1.16 bits per heavy atom. The van der Waals surface area contributed by atoms with Crippen LogP contribution < -0.4 is 5.73 Å². The minimum atomic E-state index is -4.69. The monoisotopic (exact) mass is 277 g/mol. The topological polar surface area (TPSA) is 54.7 Å². The highest BCUT2D eigenvalue weighted by atomic mass is 19.4. The molecule has 2 aromatic rings. The summed E-state index contributed by atoms with van der Waals surface area (Å²) in [6, 6.07) is 1.65. The average molecular weight is 277 g/mol. The van der Waals surface area contributed by atoms with Crippen molar-refractivity contribution in [2.75, 3.05) is 5.73 Å². The van der Waals surface area contributed by atoms with Crippen LogP contribution in [0, 0.1) is 18.6 Å². The zero-order valence-electron chi connectivity index (χ0n) is 9.57. The molecule has 8 heteroatoms. The van der Waals surface area contributed by atoms with E-state index in [4.69, 9.17) is 5.73 Å². The predicted octanol–water partition coefficient (Wildman–Crippen LogP) is 3.26. The second kappa shape index (κ2) is 4.22. The number of aromatic nitrogens is 2. The highest BCUT2D eigenvalue weighted by Crippen LogP contribution is 2.36. The third-order valence-electron chi connectivity index (χ3n) is 2.59. The van der Waals surface area contributed by atoms with Gasteiger partial charge < -0.3 is 5.73 Å². The fraction of sp³-hybridized carbons (Fsp3) is 0.182. The fourth-order valence-corrected chi connectivity index (χ4v) is 1.75. The van der Waals surface area contributed by atoms with E-state index in [1.165, 1.54) is 0 Å². The summed E-state index contributed by atoms with van der Waals surface area (Å²) in [6.07, 6.45) is -4.69. The normalized spacial score (nSPS) is 11.9. The van der Waals surface area contributed by atoms with Crippen molar-refractivity contribution in [3.05, 3.63) is 35.0 Å². The van der Waals surface area contributed by atoms with Gasteiger partial charge in [-0.05, 0) is 19.1 Å². The van der Waals surface area contributed by atoms with E-state index in [9.17, 15) is 22.0 Å². The lowest BCUT2D eigenvalue weighted by molar-refractivity contribution is -0.141. The van der Waals surface area contributed by atoms with Crippen LogP contribution in [0.2, 0.25) is 0 Å². The molecule has 0 amide bonds. The summed E-state index contributed by atoms with van der Waals surface area (Å²) >= 11 is 0. The van der Waals surface area contributed by atoms with Gasteiger partial charge in [-0.3, -0.25) is 5.10 Å². The zero-order chi connectivity index (χ0) is 14.4. The number of alkyl halides is 3. The molecule has 0 aliphatic carbocycles. The van der Waals surface area contributed by atoms with E-state index in [1.54, 1.807) is 0 Å². The first kappa shape index (κ1) is 13.3. The first-order valence-corrected chi connectivity index (χ1v) is 5.09. The number of nitrogens with two attached hydrogens (primary N) is 1. The Hall–Kier alpha value is -2.12. The molecule has 0 spiro atoms. The van der Waals surface area contributed by atoms with Crippen LogP contribution in [0.25, 0.3) is 11.3 Å². The Balaban J connectivity index is 2.65. The van der Waals surface area contributed by atoms with E-state index >= 15 is 0 Å². The molecule has 1 aromatic heterocycles. The number of nitrogens with zero attached hydrogens (tertiary/aromatic N) is 1. The Morgan fingerprint density at radius 2 is 1.68 bits per heavy atom. The summed E-state index contributed by atoms with van der Waals surface area (Å²) in [5.74, 6) is -2.11. The number of benzene rings is 1. The SMILES string of the molecule is Cc1c(C(F)(F)F)n[nH]c1-c1c(F)cc(N)cc1F. The van der Waals surface area contributed by atoms with E-state index < -0.39 is 29.1 Å². The number of nitrogen functional groups attached to an aromatic ring is 1. The summed E-state index contributed by atoms with van der Waals surface area (Å²) in [5.41, 5.74) is 2.51. The molecule has 0 atom stereocenters. The van der Waals surface area contributed by atoms with Crippen LogP contribution in [0.3, 0.4) is 0 Å². The molecular formula is C11H8F5N3. The van der Waals surface area contributed by atoms with Crippen LogP contribution in [0.5, 0.6) is 0 Å². The van der Waals surface area contributed by atoms with Gasteiger partial charge in [0.1, 0.15) is 11.6 Å². The largest absolute Gasteiger partial charge is 0.435 e. The van der Waals surface area contributed by atoms with Crippen molar-refractivity contribution in [3.8, 4) is 11.3 Å². The fourth-order valence-electron chi connectivity index (χ4n) is 1.75. The van der Waals surface area contributed by atoms with Crippen LogP contribution >= 0.6 is 0 Å². The Labute approximate surface area is 104 Å². The van der Waals surface area contributed by atoms with Gasteiger partial charge in [0, 0.05) is 11.3 Å². The third-order valence-corrected chi connectivity index (χ3v) is 2.59. The molecule has 1 heterocycles. The molecule has 3 nitrogen and oxygen atoms in total. The van der Waals surface area contributed by atoms with Crippen molar-refractivity contribution in [2.45, 2.75) is 13.1 Å². The Bertz CT molecular complexity index is 607. The first-order chi connectivity index (χ1) is 8.71. The van der Waals surface area contributed by atoms with E-state index in [1.807, 2.05) is 5.10 Å². The maximum atomic E-state index is 13.6. The molecule has 1 aromatic carbocycles. The first-order valence-electron chi connectivity index (χ1n) is 5.09. The van der Waals surface area contributed by atoms with Crippen LogP contribution in [-0.2, 0) is 6.18 Å². The molecule has 0 saturated heterocycles. The second-order valence-corrected chi connectivity index (χ2v) is 3.93. The maximum absolute atomic E-state index is 13.6. The van der Waals surface area contributed by atoms with Gasteiger partial charge >= 0.3 is 6.18 Å². The van der Waals surface area contributed by atoms with Crippen LogP contribution in [0.4, 0.5) is 27.6 Å². The third kappa shape index (κ3) is 2.25. The summed E-state index contributed by atoms with van der Waals surface area (Å²) in [6.45, 7) is 1.08. The van der Waals surface area contributed by atoms with E-state index in [0.29, 0.717) is 0 Å². The van der Waals surface area contributed by atoms with Gasteiger partial charge in [0.2, 0.25) is 0 Å². The molecule has 0 radical (unpaired) electrons. The molecule has 0 bridgehead atoms. The highest BCUT2D eigenvalue weighted by molar-refractivity contribution is 5.67. The lowest BCUT2D eigenvalue weighted by Gasteiger charge is -2.06. The maximum Gasteiger partial charge on any atom is 0.435 e. The standard InChI is InChI=1S/C11H8F5N3/c1-4-9(18-19-10(4)11(14,15)16)8-6(12)2-5(17)3-7(8)13/h2-3H,17H2,1H3,(H,18,19). The lowest BCUT2D eigenvalue weighted by Crippen LogP contribution is -2.07. The minimum Gasteiger partial charge on any atom is -0.399 e. The van der Waals surface area contributed by atoms with Crippen molar-refractivity contribution >= 4 is 5.69 Å². The minimum absolute atomic E-state index is 0.160. The molecule has 3 N–H and O–H groups in total.